The van der Waals surface area contributed by atoms with Crippen molar-refractivity contribution >= 4 is 45.5 Å². The fourth-order valence-corrected chi connectivity index (χ4v) is 15.6. The number of anilines is 6. The van der Waals surface area contributed by atoms with Gasteiger partial charge in [-0.2, -0.15) is 29.9 Å². The fourth-order valence-electron chi connectivity index (χ4n) is 15.6. The van der Waals surface area contributed by atoms with Crippen LogP contribution in [0.25, 0.3) is 44.4 Å². The minimum absolute atomic E-state index is 0.0748. The van der Waals surface area contributed by atoms with Crippen LogP contribution in [0.1, 0.15) is 57.7 Å². The molecule has 3 unspecified atom stereocenters. The molecule has 23 nitrogen and oxygen atoms in total. The second-order valence-electron chi connectivity index (χ2n) is 27.1. The van der Waals surface area contributed by atoms with E-state index in [4.69, 9.17) is 60.3 Å². The Kier molecular flexibility index (Phi) is 15.4. The van der Waals surface area contributed by atoms with Crippen molar-refractivity contribution in [3.63, 3.8) is 0 Å². The molecule has 6 fully saturated rings. The Labute approximate surface area is 568 Å². The van der Waals surface area contributed by atoms with Gasteiger partial charge in [0.25, 0.3) is 0 Å². The SMILES string of the molecule is CNc1cc(F)cc2c1Cc1nc(Oc3cnc4cccnc4c3)nc(N3C[C@@H]4NCCO[C@@H]4C3)c1-2.CNc1cc(F)cc2c1Cc1nc(Oc3cncc(C)c3)nc(N3CC(N)C4(CC4)C3)c1-2.CNc1cc(F)cc2c1Cc1nc(Oc3cncc(C)c3)nc(N3CC4C(N)C4C3)c1-2. The zero-order valence-corrected chi connectivity index (χ0v) is 55.2. The van der Waals surface area contributed by atoms with Gasteiger partial charge >= 0.3 is 18.0 Å². The molecule has 5 aliphatic carbocycles. The first kappa shape index (κ1) is 62.1. The third-order valence-electron chi connectivity index (χ3n) is 20.7. The highest BCUT2D eigenvalue weighted by Crippen LogP contribution is 2.56. The van der Waals surface area contributed by atoms with Crippen LogP contribution in [0, 0.1) is 48.5 Å². The summed E-state index contributed by atoms with van der Waals surface area (Å²) in [4.78, 5) is 52.6. The Balaban J connectivity index is 0.000000112. The van der Waals surface area contributed by atoms with Gasteiger partial charge in [0.2, 0.25) is 0 Å². The summed E-state index contributed by atoms with van der Waals surface area (Å²) in [5.41, 5.74) is 29.3. The third-order valence-corrected chi connectivity index (χ3v) is 20.7. The normalized spacial score (nSPS) is 20.8. The lowest BCUT2D eigenvalue weighted by atomic mass is 10.0. The number of rotatable bonds is 12. The number of hydrogen-bond acceptors (Lipinski definition) is 23. The number of aryl methyl sites for hydroxylation is 2. The molecule has 19 rings (SSSR count). The van der Waals surface area contributed by atoms with Crippen LogP contribution in [0.4, 0.5) is 47.7 Å². The van der Waals surface area contributed by atoms with Gasteiger partial charge in [-0.15, -0.1) is 0 Å². The lowest BCUT2D eigenvalue weighted by Crippen LogP contribution is -2.47. The van der Waals surface area contributed by atoms with Gasteiger partial charge in [-0.1, -0.05) is 0 Å². The first-order chi connectivity index (χ1) is 48.1. The molecule has 504 valence electrons. The van der Waals surface area contributed by atoms with E-state index in [-0.39, 0.29) is 65.1 Å². The number of hydrogen-bond donors (Lipinski definition) is 6. The van der Waals surface area contributed by atoms with E-state index in [1.54, 1.807) is 76.5 Å². The van der Waals surface area contributed by atoms with Crippen LogP contribution < -0.4 is 61.6 Å². The van der Waals surface area contributed by atoms with Crippen LogP contribution in [0.5, 0.6) is 35.3 Å². The minimum Gasteiger partial charge on any atom is -0.423 e. The number of nitrogens with zero attached hydrogens (tertiary/aromatic N) is 13. The summed E-state index contributed by atoms with van der Waals surface area (Å²) in [6.45, 7) is 10.1. The number of halogens is 3. The fraction of sp³-hybridized carbons (Fsp3) is 0.342. The highest BCUT2D eigenvalue weighted by molar-refractivity contribution is 5.91. The number of pyridine rings is 4. The molecule has 8 N–H and O–H groups in total. The van der Waals surface area contributed by atoms with Crippen molar-refractivity contribution in [2.75, 3.05) is 104 Å². The van der Waals surface area contributed by atoms with Gasteiger partial charge in [-0.25, -0.2) is 13.2 Å². The molecule has 0 radical (unpaired) electrons. The molecule has 11 heterocycles. The maximum atomic E-state index is 14.6. The number of morpholine rings is 1. The molecule has 4 aliphatic heterocycles. The van der Waals surface area contributed by atoms with Gasteiger partial charge in [0, 0.05) is 162 Å². The van der Waals surface area contributed by atoms with Crippen molar-refractivity contribution in [2.45, 2.75) is 70.2 Å². The lowest BCUT2D eigenvalue weighted by molar-refractivity contribution is 0.0212. The number of piperidine rings is 1. The van der Waals surface area contributed by atoms with Crippen LogP contribution in [0.15, 0.2) is 104 Å². The first-order valence-corrected chi connectivity index (χ1v) is 33.6. The third kappa shape index (κ3) is 11.5. The number of benzene rings is 3. The molecular formula is C73H72F3N19O4. The molecule has 7 aromatic heterocycles. The smallest absolute Gasteiger partial charge is 0.324 e. The van der Waals surface area contributed by atoms with E-state index in [9.17, 15) is 13.2 Å². The number of fused-ring (bicyclic) bond motifs is 12. The number of nitrogens with two attached hydrogens (primary N) is 2. The molecule has 99 heavy (non-hydrogen) atoms. The standard InChI is InChI=1S/C26H24FN7O2.C24H25FN6O.C23H23FN6O/c1-28-19-8-14(27)7-17-16(19)10-21-24(17)25(34-12-22-23(13-34)35-6-5-30-22)33-26(32-21)36-15-9-20-18(31-11-15)3-2-4-29-20;1-13-5-15(10-28-9-13)32-23-29-19-8-16-17(6-14(25)7-18(16)27-2)21(19)22(30-23)31-11-20(26)24(12-31)3-4-24;1-11-3-13(8-27-7-11)31-23-28-19-6-14-15(4-12(24)5-18(14)26-2)20(19)22(29-23)30-9-16-17(10-30)21(16)25/h2-4,7-9,11,22-23,28,30H,5-6,10,12-13H2,1H3;5-7,9-10,20,27H,3-4,8,11-12,26H2,1-2H3;3-5,7-8,16-17,21,26H,6,9-10,25H2,1-2H3/t22-,23+;;/m0../s1. The Morgan fingerprint density at radius 1 is 0.545 bits per heavy atom. The van der Waals surface area contributed by atoms with Crippen molar-refractivity contribution in [1.82, 2.24) is 55.2 Å². The van der Waals surface area contributed by atoms with E-state index >= 15 is 0 Å². The molecule has 5 atom stereocenters. The monoisotopic (exact) mass is 1340 g/mol. The maximum absolute atomic E-state index is 14.6. The average molecular weight is 1340 g/mol. The summed E-state index contributed by atoms with van der Waals surface area (Å²) in [7, 11) is 5.41. The van der Waals surface area contributed by atoms with Gasteiger partial charge in [-0.05, 0) is 144 Å². The molecule has 2 saturated carbocycles. The van der Waals surface area contributed by atoms with Crippen molar-refractivity contribution in [1.29, 1.82) is 0 Å². The van der Waals surface area contributed by atoms with E-state index in [2.05, 4.69) is 55.9 Å². The van der Waals surface area contributed by atoms with Crippen molar-refractivity contribution < 1.29 is 32.1 Å². The van der Waals surface area contributed by atoms with Crippen LogP contribution in [0.2, 0.25) is 0 Å². The number of nitrogens with one attached hydrogen (secondary N) is 4. The predicted molar refractivity (Wildman–Crippen MR) is 370 cm³/mol. The molecule has 1 spiro atoms. The van der Waals surface area contributed by atoms with Crippen LogP contribution in [-0.2, 0) is 24.0 Å². The van der Waals surface area contributed by atoms with E-state index in [0.29, 0.717) is 61.5 Å². The van der Waals surface area contributed by atoms with Gasteiger partial charge in [0.1, 0.15) is 46.4 Å². The van der Waals surface area contributed by atoms with E-state index in [0.717, 1.165) is 176 Å². The maximum Gasteiger partial charge on any atom is 0.324 e. The Morgan fingerprint density at radius 3 is 1.49 bits per heavy atom. The first-order valence-electron chi connectivity index (χ1n) is 33.6. The summed E-state index contributed by atoms with van der Waals surface area (Å²) < 4.78 is 67.6. The topological polar surface area (TPSA) is 276 Å². The second-order valence-corrected chi connectivity index (χ2v) is 27.1. The van der Waals surface area contributed by atoms with E-state index < -0.39 is 0 Å². The summed E-state index contributed by atoms with van der Waals surface area (Å²) in [5.74, 6) is 4.12. The van der Waals surface area contributed by atoms with Crippen molar-refractivity contribution in [3.05, 3.63) is 166 Å². The van der Waals surface area contributed by atoms with Crippen molar-refractivity contribution in [3.8, 4) is 68.7 Å². The van der Waals surface area contributed by atoms with Crippen LogP contribution >= 0.6 is 0 Å². The molecule has 9 aliphatic rings. The molecule has 0 amide bonds. The quantitative estimate of drug-likeness (QED) is 0.0663. The Bertz CT molecular complexity index is 4880. The molecule has 0 bridgehead atoms. The second kappa shape index (κ2) is 24.5. The van der Waals surface area contributed by atoms with Gasteiger partial charge in [0.15, 0.2) is 5.75 Å². The Hall–Kier alpha value is -10.4. The van der Waals surface area contributed by atoms with Gasteiger partial charge in [-0.3, -0.25) is 19.9 Å². The van der Waals surface area contributed by atoms with E-state index in [1.165, 1.54) is 18.2 Å². The summed E-state index contributed by atoms with van der Waals surface area (Å²) in [5, 5.41) is 12.9. The van der Waals surface area contributed by atoms with E-state index in [1.807, 2.05) is 44.2 Å². The zero-order chi connectivity index (χ0) is 67.5. The minimum atomic E-state index is -0.299. The lowest BCUT2D eigenvalue weighted by Gasteiger charge is -2.25. The summed E-state index contributed by atoms with van der Waals surface area (Å²) in [6, 6.07) is 20.1. The highest BCUT2D eigenvalue weighted by atomic mass is 19.1. The molecule has 10 aromatic rings. The Morgan fingerprint density at radius 2 is 1.03 bits per heavy atom. The van der Waals surface area contributed by atoms with Crippen LogP contribution in [0.3, 0.4) is 0 Å². The molecule has 4 saturated heterocycles. The van der Waals surface area contributed by atoms with Crippen molar-refractivity contribution in [2.24, 2.45) is 28.7 Å². The number of ether oxygens (including phenoxy) is 4. The van der Waals surface area contributed by atoms with Gasteiger partial charge in [0.05, 0.1) is 65.5 Å². The summed E-state index contributed by atoms with van der Waals surface area (Å²) >= 11 is 0. The number of aromatic nitrogens is 10. The predicted octanol–water partition coefficient (Wildman–Crippen LogP) is 9.91. The average Bonchev–Trinajstić information content (AvgIpc) is 1.58. The van der Waals surface area contributed by atoms with Gasteiger partial charge < -0.3 is 66.4 Å². The largest absolute Gasteiger partial charge is 0.423 e. The zero-order valence-electron chi connectivity index (χ0n) is 55.2. The molecule has 3 aromatic carbocycles. The van der Waals surface area contributed by atoms with Crippen LogP contribution in [-0.4, -0.2) is 148 Å². The highest BCUT2D eigenvalue weighted by Gasteiger charge is 2.56. The summed E-state index contributed by atoms with van der Waals surface area (Å²) in [6.07, 6.45) is 14.3. The molecular weight excluding hydrogens is 1260 g/mol. The molecule has 26 heteroatoms.